The maximum Gasteiger partial charge on any atom is 0.416 e. The SMILES string of the molecule is Cc1cc(CO)cnc1N1CCN(c2nc3ccc(C(F)(F)F)cc3[nH]2)[C@@H](C)C1. The van der Waals surface area contributed by atoms with Crippen LogP contribution in [-0.4, -0.2) is 45.7 Å². The van der Waals surface area contributed by atoms with E-state index in [9.17, 15) is 18.3 Å². The van der Waals surface area contributed by atoms with Crippen LogP contribution in [0.15, 0.2) is 30.5 Å². The second-order valence-electron chi connectivity index (χ2n) is 7.42. The number of piperazine rings is 1. The van der Waals surface area contributed by atoms with E-state index in [0.717, 1.165) is 29.1 Å². The first kappa shape index (κ1) is 19.5. The van der Waals surface area contributed by atoms with Gasteiger partial charge in [-0.05, 0) is 49.2 Å². The number of halogens is 3. The fourth-order valence-electron chi connectivity index (χ4n) is 3.82. The third kappa shape index (κ3) is 3.74. The molecule has 0 saturated carbocycles. The highest BCUT2D eigenvalue weighted by Gasteiger charge is 2.31. The number of alkyl halides is 3. The number of hydrogen-bond acceptors (Lipinski definition) is 5. The first-order chi connectivity index (χ1) is 13.8. The number of aromatic amines is 1. The van der Waals surface area contributed by atoms with Crippen LogP contribution in [0.4, 0.5) is 24.9 Å². The Bertz CT molecular complexity index is 1030. The average molecular weight is 405 g/mol. The molecule has 0 bridgehead atoms. The molecule has 0 radical (unpaired) electrons. The number of H-pyrrole nitrogens is 1. The van der Waals surface area contributed by atoms with Crippen LogP contribution in [0.3, 0.4) is 0 Å². The summed E-state index contributed by atoms with van der Waals surface area (Å²) in [6, 6.07) is 5.57. The zero-order chi connectivity index (χ0) is 20.8. The summed E-state index contributed by atoms with van der Waals surface area (Å²) in [5, 5.41) is 9.25. The molecule has 3 heterocycles. The Kier molecular flexibility index (Phi) is 4.85. The van der Waals surface area contributed by atoms with Gasteiger partial charge in [-0.2, -0.15) is 13.2 Å². The molecule has 0 amide bonds. The number of aliphatic hydroxyl groups excluding tert-OH is 1. The van der Waals surface area contributed by atoms with E-state index in [2.05, 4.69) is 31.7 Å². The molecule has 1 atom stereocenters. The molecular weight excluding hydrogens is 383 g/mol. The molecule has 29 heavy (non-hydrogen) atoms. The summed E-state index contributed by atoms with van der Waals surface area (Å²) in [6.07, 6.45) is -2.70. The van der Waals surface area contributed by atoms with E-state index in [0.29, 0.717) is 36.6 Å². The minimum atomic E-state index is -4.38. The Hall–Kier alpha value is -2.81. The molecule has 1 fully saturated rings. The van der Waals surface area contributed by atoms with Crippen molar-refractivity contribution in [3.63, 3.8) is 0 Å². The van der Waals surface area contributed by atoms with E-state index in [1.54, 1.807) is 6.20 Å². The molecule has 9 heteroatoms. The van der Waals surface area contributed by atoms with E-state index in [4.69, 9.17) is 0 Å². The number of nitrogens with zero attached hydrogens (tertiary/aromatic N) is 4. The fourth-order valence-corrected chi connectivity index (χ4v) is 3.82. The van der Waals surface area contributed by atoms with Crippen LogP contribution in [0.1, 0.15) is 23.6 Å². The molecule has 2 aromatic heterocycles. The first-order valence-corrected chi connectivity index (χ1v) is 9.41. The van der Waals surface area contributed by atoms with Crippen LogP contribution < -0.4 is 9.80 Å². The van der Waals surface area contributed by atoms with Gasteiger partial charge in [-0.3, -0.25) is 0 Å². The minimum Gasteiger partial charge on any atom is -0.392 e. The van der Waals surface area contributed by atoms with Gasteiger partial charge in [0.05, 0.1) is 23.2 Å². The number of aliphatic hydroxyl groups is 1. The zero-order valence-electron chi connectivity index (χ0n) is 16.2. The highest BCUT2D eigenvalue weighted by molar-refractivity contribution is 5.78. The normalized spacial score (nSPS) is 17.9. The van der Waals surface area contributed by atoms with Crippen molar-refractivity contribution < 1.29 is 18.3 Å². The van der Waals surface area contributed by atoms with E-state index in [-0.39, 0.29) is 12.6 Å². The highest BCUT2D eigenvalue weighted by atomic mass is 19.4. The number of aromatic nitrogens is 3. The lowest BCUT2D eigenvalue weighted by Gasteiger charge is -2.40. The lowest BCUT2D eigenvalue weighted by Crippen LogP contribution is -2.53. The van der Waals surface area contributed by atoms with Gasteiger partial charge in [-0.1, -0.05) is 0 Å². The van der Waals surface area contributed by atoms with Gasteiger partial charge in [0.1, 0.15) is 5.82 Å². The third-order valence-corrected chi connectivity index (χ3v) is 5.29. The van der Waals surface area contributed by atoms with Gasteiger partial charge in [0.25, 0.3) is 0 Å². The first-order valence-electron chi connectivity index (χ1n) is 9.41. The average Bonchev–Trinajstić information content (AvgIpc) is 3.10. The Morgan fingerprint density at radius 1 is 1.24 bits per heavy atom. The summed E-state index contributed by atoms with van der Waals surface area (Å²) in [4.78, 5) is 16.3. The Morgan fingerprint density at radius 3 is 2.69 bits per heavy atom. The highest BCUT2D eigenvalue weighted by Crippen LogP contribution is 2.32. The van der Waals surface area contributed by atoms with Gasteiger partial charge >= 0.3 is 6.18 Å². The van der Waals surface area contributed by atoms with Crippen molar-refractivity contribution >= 4 is 22.8 Å². The summed E-state index contributed by atoms with van der Waals surface area (Å²) >= 11 is 0. The van der Waals surface area contributed by atoms with Crippen molar-refractivity contribution in [3.05, 3.63) is 47.2 Å². The van der Waals surface area contributed by atoms with Gasteiger partial charge in [0.2, 0.25) is 5.95 Å². The molecule has 0 spiro atoms. The molecule has 2 N–H and O–H groups in total. The lowest BCUT2D eigenvalue weighted by molar-refractivity contribution is -0.137. The topological polar surface area (TPSA) is 68.3 Å². The quantitative estimate of drug-likeness (QED) is 0.698. The second kappa shape index (κ2) is 7.22. The number of imidazole rings is 1. The molecule has 1 saturated heterocycles. The van der Waals surface area contributed by atoms with Crippen molar-refractivity contribution in [2.45, 2.75) is 32.7 Å². The third-order valence-electron chi connectivity index (χ3n) is 5.29. The van der Waals surface area contributed by atoms with Crippen LogP contribution in [-0.2, 0) is 12.8 Å². The fraction of sp³-hybridized carbons (Fsp3) is 0.400. The van der Waals surface area contributed by atoms with Crippen LogP contribution in [0.5, 0.6) is 0 Å². The van der Waals surface area contributed by atoms with Crippen LogP contribution in [0.25, 0.3) is 11.0 Å². The largest absolute Gasteiger partial charge is 0.416 e. The molecule has 1 aromatic carbocycles. The summed E-state index contributed by atoms with van der Waals surface area (Å²) in [5.41, 5.74) is 1.98. The van der Waals surface area contributed by atoms with E-state index in [1.165, 1.54) is 6.07 Å². The van der Waals surface area contributed by atoms with Crippen molar-refractivity contribution in [2.75, 3.05) is 29.4 Å². The summed E-state index contributed by atoms with van der Waals surface area (Å²) < 4.78 is 38.9. The molecule has 0 aliphatic carbocycles. The van der Waals surface area contributed by atoms with E-state index in [1.807, 2.05) is 13.0 Å². The Balaban J connectivity index is 1.54. The Labute approximate surface area is 166 Å². The van der Waals surface area contributed by atoms with Crippen molar-refractivity contribution in [3.8, 4) is 0 Å². The number of pyridine rings is 1. The molecule has 6 nitrogen and oxygen atoms in total. The van der Waals surface area contributed by atoms with Gasteiger partial charge < -0.3 is 19.9 Å². The number of anilines is 2. The standard InChI is InChI=1S/C20H22F3N5O/c1-12-7-14(11-29)9-24-18(12)27-5-6-28(13(2)10-27)19-25-16-4-3-15(20(21,22)23)8-17(16)26-19/h3-4,7-9,13,29H,5-6,10-11H2,1-2H3,(H,25,26)/t13-/m0/s1. The van der Waals surface area contributed by atoms with Crippen LogP contribution >= 0.6 is 0 Å². The lowest BCUT2D eigenvalue weighted by atomic mass is 10.1. The number of rotatable bonds is 3. The number of benzene rings is 1. The van der Waals surface area contributed by atoms with Crippen molar-refractivity contribution in [2.24, 2.45) is 0 Å². The maximum absolute atomic E-state index is 13.0. The summed E-state index contributed by atoms with van der Waals surface area (Å²) in [6.45, 7) is 6.06. The predicted octanol–water partition coefficient (Wildman–Crippen LogP) is 3.49. The molecule has 154 valence electrons. The molecule has 1 aliphatic heterocycles. The second-order valence-corrected chi connectivity index (χ2v) is 7.42. The number of hydrogen-bond donors (Lipinski definition) is 2. The maximum atomic E-state index is 13.0. The number of nitrogens with one attached hydrogen (secondary N) is 1. The molecule has 4 rings (SSSR count). The van der Waals surface area contributed by atoms with Gasteiger partial charge in [-0.25, -0.2) is 9.97 Å². The molecule has 3 aromatic rings. The van der Waals surface area contributed by atoms with Gasteiger partial charge in [-0.15, -0.1) is 0 Å². The van der Waals surface area contributed by atoms with E-state index >= 15 is 0 Å². The Morgan fingerprint density at radius 2 is 2.03 bits per heavy atom. The number of fused-ring (bicyclic) bond motifs is 1. The molecule has 1 aliphatic rings. The van der Waals surface area contributed by atoms with E-state index < -0.39 is 11.7 Å². The predicted molar refractivity (Wildman–Crippen MR) is 105 cm³/mol. The minimum absolute atomic E-state index is 0.0413. The summed E-state index contributed by atoms with van der Waals surface area (Å²) in [5.74, 6) is 1.46. The van der Waals surface area contributed by atoms with Gasteiger partial charge in [0.15, 0.2) is 0 Å². The van der Waals surface area contributed by atoms with Crippen molar-refractivity contribution in [1.29, 1.82) is 0 Å². The van der Waals surface area contributed by atoms with Gasteiger partial charge in [0, 0.05) is 31.9 Å². The van der Waals surface area contributed by atoms with Crippen LogP contribution in [0, 0.1) is 6.92 Å². The number of aryl methyl sites for hydroxylation is 1. The monoisotopic (exact) mass is 405 g/mol. The smallest absolute Gasteiger partial charge is 0.392 e. The zero-order valence-corrected chi connectivity index (χ0v) is 16.2. The summed E-state index contributed by atoms with van der Waals surface area (Å²) in [7, 11) is 0. The van der Waals surface area contributed by atoms with Crippen molar-refractivity contribution in [1.82, 2.24) is 15.0 Å². The molecular formula is C20H22F3N5O. The molecule has 0 unspecified atom stereocenters. The van der Waals surface area contributed by atoms with Crippen LogP contribution in [0.2, 0.25) is 0 Å².